The topological polar surface area (TPSA) is 67.1 Å². The number of piperidine rings is 1. The zero-order valence-electron chi connectivity index (χ0n) is 10.7. The Balaban J connectivity index is 1.76. The first-order valence-electron chi connectivity index (χ1n) is 6.95. The average Bonchev–Trinajstić information content (AvgIpc) is 2.68. The Morgan fingerprint density at radius 1 is 1.35 bits per heavy atom. The van der Waals surface area contributed by atoms with Crippen molar-refractivity contribution in [1.29, 1.82) is 0 Å². The predicted molar refractivity (Wildman–Crippen MR) is 68.6 cm³/mol. The van der Waals surface area contributed by atoms with E-state index in [1.807, 2.05) is 0 Å². The number of amides is 1. The third kappa shape index (κ3) is 3.42. The molecule has 0 spiro atoms. The van der Waals surface area contributed by atoms with Crippen LogP contribution in [0.25, 0.3) is 0 Å². The van der Waals surface area contributed by atoms with E-state index in [0.29, 0.717) is 24.4 Å². The number of nitrogens with two attached hydrogens (primary N) is 1. The van der Waals surface area contributed by atoms with Gasteiger partial charge >= 0.3 is 0 Å². The van der Waals surface area contributed by atoms with Crippen LogP contribution in [0.5, 0.6) is 0 Å². The van der Waals surface area contributed by atoms with Crippen molar-refractivity contribution in [2.45, 2.75) is 63.6 Å². The monoisotopic (exact) mass is 239 g/mol. The number of carbonyl (C=O) groups is 1. The second kappa shape index (κ2) is 5.83. The van der Waals surface area contributed by atoms with Gasteiger partial charge < -0.3 is 16.4 Å². The second-order valence-corrected chi connectivity index (χ2v) is 5.62. The molecule has 1 heterocycles. The standard InChI is InChI=1S/C13H25N3O/c1-9-12(6-3-7-15-9)16-13(17)8-10-4-2-5-11(10)14/h9-12,15H,2-8,14H2,1H3,(H,16,17)/t9?,10-,11+,12?/m0/s1. The van der Waals surface area contributed by atoms with Crippen LogP contribution in [-0.4, -0.2) is 30.6 Å². The molecule has 17 heavy (non-hydrogen) atoms. The molecule has 0 aromatic rings. The minimum Gasteiger partial charge on any atom is -0.352 e. The Labute approximate surface area is 104 Å². The molecule has 4 atom stereocenters. The summed E-state index contributed by atoms with van der Waals surface area (Å²) < 4.78 is 0. The van der Waals surface area contributed by atoms with Crippen molar-refractivity contribution in [2.75, 3.05) is 6.54 Å². The molecule has 1 saturated heterocycles. The summed E-state index contributed by atoms with van der Waals surface area (Å²) in [6.07, 6.45) is 6.24. The fourth-order valence-electron chi connectivity index (χ4n) is 3.06. The van der Waals surface area contributed by atoms with Crippen LogP contribution < -0.4 is 16.4 Å². The zero-order valence-corrected chi connectivity index (χ0v) is 10.7. The van der Waals surface area contributed by atoms with E-state index in [-0.39, 0.29) is 11.9 Å². The van der Waals surface area contributed by atoms with Crippen molar-refractivity contribution >= 4 is 5.91 Å². The fraction of sp³-hybridized carbons (Fsp3) is 0.923. The van der Waals surface area contributed by atoms with Crippen LogP contribution in [0.3, 0.4) is 0 Å². The molecular weight excluding hydrogens is 214 g/mol. The predicted octanol–water partition coefficient (Wildman–Crippen LogP) is 0.761. The first-order chi connectivity index (χ1) is 8.16. The summed E-state index contributed by atoms with van der Waals surface area (Å²) in [6, 6.07) is 0.932. The maximum atomic E-state index is 12.0. The van der Waals surface area contributed by atoms with Crippen molar-refractivity contribution < 1.29 is 4.79 Å². The van der Waals surface area contributed by atoms with Crippen LogP contribution in [-0.2, 0) is 4.79 Å². The maximum Gasteiger partial charge on any atom is 0.220 e. The lowest BCUT2D eigenvalue weighted by Gasteiger charge is -2.31. The Hall–Kier alpha value is -0.610. The van der Waals surface area contributed by atoms with E-state index in [0.717, 1.165) is 32.2 Å². The van der Waals surface area contributed by atoms with Gasteiger partial charge in [-0.3, -0.25) is 4.79 Å². The van der Waals surface area contributed by atoms with Gasteiger partial charge in [-0.25, -0.2) is 0 Å². The molecule has 1 aliphatic heterocycles. The molecule has 0 radical (unpaired) electrons. The average molecular weight is 239 g/mol. The number of rotatable bonds is 3. The molecule has 2 unspecified atom stereocenters. The Bertz CT molecular complexity index is 269. The SMILES string of the molecule is CC1NCCCC1NC(=O)C[C@@H]1CCC[C@H]1N. The van der Waals surface area contributed by atoms with Crippen LogP contribution in [0.1, 0.15) is 45.4 Å². The van der Waals surface area contributed by atoms with Gasteiger partial charge in [-0.1, -0.05) is 6.42 Å². The number of carbonyl (C=O) groups excluding carboxylic acids is 1. The molecule has 0 bridgehead atoms. The third-order valence-electron chi connectivity index (χ3n) is 4.27. The molecule has 1 amide bonds. The molecule has 2 aliphatic rings. The molecule has 4 nitrogen and oxygen atoms in total. The van der Waals surface area contributed by atoms with Gasteiger partial charge in [0.05, 0.1) is 0 Å². The summed E-state index contributed by atoms with van der Waals surface area (Å²) >= 11 is 0. The van der Waals surface area contributed by atoms with Gasteiger partial charge in [-0.15, -0.1) is 0 Å². The maximum absolute atomic E-state index is 12.0. The number of nitrogens with one attached hydrogen (secondary N) is 2. The summed E-state index contributed by atoms with van der Waals surface area (Å²) in [6.45, 7) is 3.21. The van der Waals surface area contributed by atoms with Gasteiger partial charge in [0.2, 0.25) is 5.91 Å². The van der Waals surface area contributed by atoms with Gasteiger partial charge in [0.25, 0.3) is 0 Å². The third-order valence-corrected chi connectivity index (χ3v) is 4.27. The minimum atomic E-state index is 0.188. The van der Waals surface area contributed by atoms with E-state index in [9.17, 15) is 4.79 Å². The minimum absolute atomic E-state index is 0.188. The molecule has 2 fully saturated rings. The fourth-order valence-corrected chi connectivity index (χ4v) is 3.06. The Morgan fingerprint density at radius 2 is 2.18 bits per heavy atom. The van der Waals surface area contributed by atoms with Crippen molar-refractivity contribution in [1.82, 2.24) is 10.6 Å². The second-order valence-electron chi connectivity index (χ2n) is 5.62. The lowest BCUT2D eigenvalue weighted by molar-refractivity contribution is -0.123. The molecular formula is C13H25N3O. The highest BCUT2D eigenvalue weighted by atomic mass is 16.1. The molecule has 4 N–H and O–H groups in total. The highest BCUT2D eigenvalue weighted by molar-refractivity contribution is 5.76. The summed E-state index contributed by atoms with van der Waals surface area (Å²) in [7, 11) is 0. The normalized spacial score (nSPS) is 38.0. The van der Waals surface area contributed by atoms with Crippen molar-refractivity contribution in [2.24, 2.45) is 11.7 Å². The van der Waals surface area contributed by atoms with E-state index in [2.05, 4.69) is 17.6 Å². The van der Waals surface area contributed by atoms with Crippen LogP contribution >= 0.6 is 0 Å². The van der Waals surface area contributed by atoms with Gasteiger partial charge in [0.1, 0.15) is 0 Å². The van der Waals surface area contributed by atoms with Crippen LogP contribution in [0.2, 0.25) is 0 Å². The highest BCUT2D eigenvalue weighted by Gasteiger charge is 2.28. The van der Waals surface area contributed by atoms with Crippen LogP contribution in [0.4, 0.5) is 0 Å². The molecule has 0 aromatic carbocycles. The van der Waals surface area contributed by atoms with Gasteiger partial charge in [-0.05, 0) is 45.1 Å². The summed E-state index contributed by atoms with van der Waals surface area (Å²) in [5.74, 6) is 0.592. The van der Waals surface area contributed by atoms with Gasteiger partial charge in [0, 0.05) is 24.5 Å². The molecule has 2 rings (SSSR count). The van der Waals surface area contributed by atoms with Crippen LogP contribution in [0, 0.1) is 5.92 Å². The molecule has 4 heteroatoms. The Kier molecular flexibility index (Phi) is 4.40. The van der Waals surface area contributed by atoms with Gasteiger partial charge in [-0.2, -0.15) is 0 Å². The lowest BCUT2D eigenvalue weighted by Crippen LogP contribution is -2.52. The van der Waals surface area contributed by atoms with E-state index in [1.165, 1.54) is 6.42 Å². The highest BCUT2D eigenvalue weighted by Crippen LogP contribution is 2.26. The Morgan fingerprint density at radius 3 is 2.82 bits per heavy atom. The lowest BCUT2D eigenvalue weighted by atomic mass is 9.97. The van der Waals surface area contributed by atoms with Crippen LogP contribution in [0.15, 0.2) is 0 Å². The molecule has 1 saturated carbocycles. The van der Waals surface area contributed by atoms with E-state index >= 15 is 0 Å². The van der Waals surface area contributed by atoms with E-state index in [4.69, 9.17) is 5.73 Å². The zero-order chi connectivity index (χ0) is 12.3. The first kappa shape index (κ1) is 12.8. The number of hydrogen-bond acceptors (Lipinski definition) is 3. The number of hydrogen-bond donors (Lipinski definition) is 3. The van der Waals surface area contributed by atoms with Crippen molar-refractivity contribution in [3.8, 4) is 0 Å². The van der Waals surface area contributed by atoms with E-state index < -0.39 is 0 Å². The summed E-state index contributed by atoms with van der Waals surface area (Å²) in [4.78, 5) is 12.0. The quantitative estimate of drug-likeness (QED) is 0.681. The van der Waals surface area contributed by atoms with Crippen molar-refractivity contribution in [3.05, 3.63) is 0 Å². The first-order valence-corrected chi connectivity index (χ1v) is 6.95. The van der Waals surface area contributed by atoms with Gasteiger partial charge in [0.15, 0.2) is 0 Å². The largest absolute Gasteiger partial charge is 0.352 e. The smallest absolute Gasteiger partial charge is 0.220 e. The van der Waals surface area contributed by atoms with E-state index in [1.54, 1.807) is 0 Å². The molecule has 98 valence electrons. The molecule has 0 aromatic heterocycles. The summed E-state index contributed by atoms with van der Waals surface area (Å²) in [5, 5.41) is 6.56. The molecule has 1 aliphatic carbocycles. The van der Waals surface area contributed by atoms with Crippen molar-refractivity contribution in [3.63, 3.8) is 0 Å². The summed E-state index contributed by atoms with van der Waals surface area (Å²) in [5.41, 5.74) is 6.00.